The van der Waals surface area contributed by atoms with Gasteiger partial charge in [-0.2, -0.15) is 0 Å². The minimum absolute atomic E-state index is 0.108. The van der Waals surface area contributed by atoms with E-state index in [1.807, 2.05) is 13.8 Å². The fourth-order valence-corrected chi connectivity index (χ4v) is 0.934. The van der Waals surface area contributed by atoms with Gasteiger partial charge >= 0.3 is 6.03 Å². The van der Waals surface area contributed by atoms with E-state index < -0.39 is 6.04 Å². The molecule has 0 fully saturated rings. The van der Waals surface area contributed by atoms with Crippen LogP contribution in [0.3, 0.4) is 0 Å². The zero-order valence-electron chi connectivity index (χ0n) is 10.4. The Morgan fingerprint density at radius 2 is 1.69 bits per heavy atom. The summed E-state index contributed by atoms with van der Waals surface area (Å²) in [5, 5.41) is 5.30. The van der Waals surface area contributed by atoms with Crippen LogP contribution in [0.5, 0.6) is 0 Å². The SMILES string of the molecule is CC(C)C(N)C(=O)NCCNC(=O)N(C)C. The molecule has 0 aromatic heterocycles. The third-order valence-electron chi connectivity index (χ3n) is 2.13. The number of hydrogen-bond donors (Lipinski definition) is 3. The Bertz CT molecular complexity index is 241. The summed E-state index contributed by atoms with van der Waals surface area (Å²) >= 11 is 0. The van der Waals surface area contributed by atoms with E-state index in [0.717, 1.165) is 0 Å². The van der Waals surface area contributed by atoms with E-state index in [2.05, 4.69) is 10.6 Å². The number of urea groups is 1. The second kappa shape index (κ2) is 7.05. The van der Waals surface area contributed by atoms with Crippen LogP contribution in [0.2, 0.25) is 0 Å². The van der Waals surface area contributed by atoms with E-state index in [0.29, 0.717) is 13.1 Å². The topological polar surface area (TPSA) is 87.5 Å². The van der Waals surface area contributed by atoms with Crippen LogP contribution < -0.4 is 16.4 Å². The van der Waals surface area contributed by atoms with E-state index in [1.54, 1.807) is 14.1 Å². The maximum atomic E-state index is 11.4. The number of hydrogen-bond acceptors (Lipinski definition) is 3. The summed E-state index contributed by atoms with van der Waals surface area (Å²) in [6, 6.07) is -0.674. The van der Waals surface area contributed by atoms with Gasteiger partial charge in [-0.15, -0.1) is 0 Å². The number of nitrogens with zero attached hydrogens (tertiary/aromatic N) is 1. The van der Waals surface area contributed by atoms with Gasteiger partial charge in [0.05, 0.1) is 6.04 Å². The van der Waals surface area contributed by atoms with Crippen LogP contribution in [-0.4, -0.2) is 50.1 Å². The molecule has 4 N–H and O–H groups in total. The number of rotatable bonds is 5. The van der Waals surface area contributed by atoms with Crippen molar-refractivity contribution in [2.75, 3.05) is 27.2 Å². The molecule has 6 nitrogen and oxygen atoms in total. The molecule has 1 atom stereocenters. The summed E-state index contributed by atoms with van der Waals surface area (Å²) in [6.45, 7) is 4.56. The molecule has 0 aliphatic rings. The van der Waals surface area contributed by atoms with Gasteiger partial charge in [-0.25, -0.2) is 4.79 Å². The standard InChI is InChI=1S/C10H22N4O2/c1-7(2)8(11)9(15)12-5-6-13-10(16)14(3)4/h7-8H,5-6,11H2,1-4H3,(H,12,15)(H,13,16). The third kappa shape index (κ3) is 5.55. The first-order chi connectivity index (χ1) is 7.36. The largest absolute Gasteiger partial charge is 0.353 e. The second-order valence-electron chi connectivity index (χ2n) is 4.19. The first kappa shape index (κ1) is 14.7. The summed E-state index contributed by atoms with van der Waals surface area (Å²) in [5.74, 6) is -0.0783. The normalized spacial score (nSPS) is 12.1. The number of amides is 3. The van der Waals surface area contributed by atoms with E-state index >= 15 is 0 Å². The predicted octanol–water partition coefficient (Wildman–Crippen LogP) is -0.643. The average Bonchev–Trinajstić information content (AvgIpc) is 2.22. The van der Waals surface area contributed by atoms with Gasteiger partial charge in [0.25, 0.3) is 0 Å². The summed E-state index contributed by atoms with van der Waals surface area (Å²) in [5.41, 5.74) is 5.64. The van der Waals surface area contributed by atoms with Gasteiger partial charge in [0.1, 0.15) is 0 Å². The highest BCUT2D eigenvalue weighted by molar-refractivity contribution is 5.81. The lowest BCUT2D eigenvalue weighted by Crippen LogP contribution is -2.46. The summed E-state index contributed by atoms with van der Waals surface area (Å²) in [6.07, 6.45) is 0. The Labute approximate surface area is 96.5 Å². The van der Waals surface area contributed by atoms with Gasteiger partial charge in [-0.3, -0.25) is 4.79 Å². The van der Waals surface area contributed by atoms with Crippen molar-refractivity contribution in [1.29, 1.82) is 0 Å². The van der Waals surface area contributed by atoms with Crippen molar-refractivity contribution in [2.24, 2.45) is 11.7 Å². The zero-order valence-corrected chi connectivity index (χ0v) is 10.4. The quantitative estimate of drug-likeness (QED) is 0.549. The smallest absolute Gasteiger partial charge is 0.316 e. The molecule has 6 heteroatoms. The predicted molar refractivity (Wildman–Crippen MR) is 62.9 cm³/mol. The maximum absolute atomic E-state index is 11.4. The molecule has 16 heavy (non-hydrogen) atoms. The second-order valence-corrected chi connectivity index (χ2v) is 4.19. The van der Waals surface area contributed by atoms with Gasteiger partial charge in [-0.05, 0) is 5.92 Å². The molecular weight excluding hydrogens is 208 g/mol. The average molecular weight is 230 g/mol. The van der Waals surface area contributed by atoms with Gasteiger partial charge in [0, 0.05) is 27.2 Å². The molecule has 0 bridgehead atoms. The Morgan fingerprint density at radius 1 is 1.19 bits per heavy atom. The molecule has 0 aliphatic carbocycles. The molecular formula is C10H22N4O2. The van der Waals surface area contributed by atoms with E-state index in [4.69, 9.17) is 5.73 Å². The lowest BCUT2D eigenvalue weighted by Gasteiger charge is -2.16. The number of carbonyl (C=O) groups excluding carboxylic acids is 2. The highest BCUT2D eigenvalue weighted by atomic mass is 16.2. The summed E-state index contributed by atoms with van der Waals surface area (Å²) in [7, 11) is 3.31. The van der Waals surface area contributed by atoms with Crippen molar-refractivity contribution in [3.63, 3.8) is 0 Å². The lowest BCUT2D eigenvalue weighted by molar-refractivity contribution is -0.123. The van der Waals surface area contributed by atoms with Crippen molar-refractivity contribution < 1.29 is 9.59 Å². The van der Waals surface area contributed by atoms with Gasteiger partial charge in [0.2, 0.25) is 5.91 Å². The van der Waals surface area contributed by atoms with Crippen molar-refractivity contribution >= 4 is 11.9 Å². The number of nitrogens with two attached hydrogens (primary N) is 1. The molecule has 1 unspecified atom stereocenters. The van der Waals surface area contributed by atoms with Gasteiger partial charge in [-0.1, -0.05) is 13.8 Å². The van der Waals surface area contributed by atoms with Crippen LogP contribution in [0.4, 0.5) is 4.79 Å². The van der Waals surface area contributed by atoms with E-state index in [1.165, 1.54) is 4.90 Å². The molecule has 0 heterocycles. The minimum Gasteiger partial charge on any atom is -0.353 e. The van der Waals surface area contributed by atoms with Crippen molar-refractivity contribution in [1.82, 2.24) is 15.5 Å². The molecule has 0 saturated carbocycles. The van der Waals surface area contributed by atoms with Crippen LogP contribution in [0.15, 0.2) is 0 Å². The highest BCUT2D eigenvalue weighted by Gasteiger charge is 2.16. The van der Waals surface area contributed by atoms with Crippen LogP contribution in [0.1, 0.15) is 13.8 Å². The Kier molecular flexibility index (Phi) is 6.48. The summed E-state index contributed by atoms with van der Waals surface area (Å²) < 4.78 is 0. The molecule has 94 valence electrons. The first-order valence-corrected chi connectivity index (χ1v) is 5.34. The Morgan fingerprint density at radius 3 is 2.12 bits per heavy atom. The molecule has 0 aromatic rings. The third-order valence-corrected chi connectivity index (χ3v) is 2.13. The fraction of sp³-hybridized carbons (Fsp3) is 0.800. The van der Waals surface area contributed by atoms with Crippen LogP contribution in [-0.2, 0) is 4.79 Å². The molecule has 3 amide bonds. The van der Waals surface area contributed by atoms with Crippen molar-refractivity contribution in [3.05, 3.63) is 0 Å². The first-order valence-electron chi connectivity index (χ1n) is 5.34. The molecule has 0 rings (SSSR count). The van der Waals surface area contributed by atoms with Crippen molar-refractivity contribution in [2.45, 2.75) is 19.9 Å². The highest BCUT2D eigenvalue weighted by Crippen LogP contribution is 1.96. The monoisotopic (exact) mass is 230 g/mol. The van der Waals surface area contributed by atoms with E-state index in [9.17, 15) is 9.59 Å². The van der Waals surface area contributed by atoms with Gasteiger partial charge in [0.15, 0.2) is 0 Å². The minimum atomic E-state index is -0.496. The summed E-state index contributed by atoms with van der Waals surface area (Å²) in [4.78, 5) is 23.9. The Balaban J connectivity index is 3.67. The fourth-order valence-electron chi connectivity index (χ4n) is 0.934. The molecule has 0 spiro atoms. The van der Waals surface area contributed by atoms with Gasteiger partial charge < -0.3 is 21.3 Å². The van der Waals surface area contributed by atoms with Crippen LogP contribution in [0.25, 0.3) is 0 Å². The van der Waals surface area contributed by atoms with Crippen LogP contribution in [0, 0.1) is 5.92 Å². The lowest BCUT2D eigenvalue weighted by atomic mass is 10.1. The molecule has 0 aliphatic heterocycles. The molecule has 0 aromatic carbocycles. The zero-order chi connectivity index (χ0) is 12.7. The maximum Gasteiger partial charge on any atom is 0.316 e. The van der Waals surface area contributed by atoms with E-state index in [-0.39, 0.29) is 17.9 Å². The molecule has 0 radical (unpaired) electrons. The number of nitrogens with one attached hydrogen (secondary N) is 2. The van der Waals surface area contributed by atoms with Crippen LogP contribution >= 0.6 is 0 Å². The Hall–Kier alpha value is -1.30. The van der Waals surface area contributed by atoms with Crippen molar-refractivity contribution in [3.8, 4) is 0 Å². The molecule has 0 saturated heterocycles. The number of carbonyl (C=O) groups is 2.